The molecule has 11 heavy (non-hydrogen) atoms. The van der Waals surface area contributed by atoms with Crippen LogP contribution in [0.25, 0.3) is 0 Å². The highest BCUT2D eigenvalue weighted by Crippen LogP contribution is 2.28. The van der Waals surface area contributed by atoms with E-state index >= 15 is 0 Å². The first-order valence-electron chi connectivity index (χ1n) is 3.58. The van der Waals surface area contributed by atoms with Gasteiger partial charge in [-0.05, 0) is 12.1 Å². The summed E-state index contributed by atoms with van der Waals surface area (Å²) in [7, 11) is 3.49. The van der Waals surface area contributed by atoms with E-state index in [1.165, 1.54) is 0 Å². The van der Waals surface area contributed by atoms with Crippen molar-refractivity contribution in [3.63, 3.8) is 0 Å². The van der Waals surface area contributed by atoms with Gasteiger partial charge in [0.15, 0.2) is 10.4 Å². The zero-order valence-corrected chi connectivity index (χ0v) is 7.08. The number of hydrogen-bond acceptors (Lipinski definition) is 2. The summed E-state index contributed by atoms with van der Waals surface area (Å²) >= 11 is 0. The maximum Gasteiger partial charge on any atom is 0.189 e. The van der Waals surface area contributed by atoms with Crippen LogP contribution in [-0.4, -0.2) is 23.6 Å². The molecule has 1 heterocycles. The molecule has 0 fully saturated rings. The molecule has 1 aromatic carbocycles. The normalized spacial score (nSPS) is 15.5. The van der Waals surface area contributed by atoms with E-state index in [1.54, 1.807) is 0 Å². The second-order valence-electron chi connectivity index (χ2n) is 2.47. The Morgan fingerprint density at radius 1 is 1.36 bits per heavy atom. The molecule has 0 saturated carbocycles. The van der Waals surface area contributed by atoms with E-state index in [0.717, 1.165) is 24.6 Å². The van der Waals surface area contributed by atoms with Crippen molar-refractivity contribution in [2.24, 2.45) is 0 Å². The maximum atomic E-state index is 5.42. The van der Waals surface area contributed by atoms with E-state index in [1.807, 2.05) is 28.8 Å². The van der Waals surface area contributed by atoms with Gasteiger partial charge in [0.05, 0.1) is 5.69 Å². The van der Waals surface area contributed by atoms with Crippen molar-refractivity contribution in [2.45, 2.75) is 0 Å². The van der Waals surface area contributed by atoms with Crippen LogP contribution >= 0.6 is 0 Å². The Balaban J connectivity index is 2.44. The minimum atomic E-state index is 0.751. The summed E-state index contributed by atoms with van der Waals surface area (Å²) in [4.78, 5) is 0. The van der Waals surface area contributed by atoms with Gasteiger partial charge in [0, 0.05) is 6.54 Å². The van der Waals surface area contributed by atoms with E-state index in [2.05, 4.69) is 10.4 Å². The molecule has 3 heteroatoms. The minimum Gasteiger partial charge on any atom is -0.490 e. The zero-order chi connectivity index (χ0) is 7.68. The zero-order valence-electron chi connectivity index (χ0n) is 6.08. The number of fused-ring (bicyclic) bond motifs is 1. The third-order valence-electron chi connectivity index (χ3n) is 1.73. The van der Waals surface area contributed by atoms with E-state index < -0.39 is 0 Å². The molecule has 0 spiro atoms. The summed E-state index contributed by atoms with van der Waals surface area (Å²) in [5.74, 6) is 0.953. The lowest BCUT2D eigenvalue weighted by Gasteiger charge is -2.27. The highest BCUT2D eigenvalue weighted by atomic mass is 28.2. The predicted molar refractivity (Wildman–Crippen MR) is 45.0 cm³/mol. The molecule has 0 unspecified atom stereocenters. The van der Waals surface area contributed by atoms with Crippen LogP contribution in [0.15, 0.2) is 24.3 Å². The quantitative estimate of drug-likeness (QED) is 0.527. The topological polar surface area (TPSA) is 12.5 Å². The summed E-state index contributed by atoms with van der Waals surface area (Å²) < 4.78 is 7.43. The molecule has 3 radical (unpaired) electrons. The number of hydrogen-bond donors (Lipinski definition) is 0. The van der Waals surface area contributed by atoms with Crippen molar-refractivity contribution in [3.8, 4) is 5.75 Å². The summed E-state index contributed by atoms with van der Waals surface area (Å²) in [5, 5.41) is 0. The first kappa shape index (κ1) is 6.73. The van der Waals surface area contributed by atoms with Gasteiger partial charge < -0.3 is 9.30 Å². The number of para-hydroxylation sites is 2. The molecule has 0 bridgehead atoms. The van der Waals surface area contributed by atoms with Gasteiger partial charge in [-0.1, -0.05) is 12.1 Å². The average molecular weight is 162 g/mol. The van der Waals surface area contributed by atoms with Gasteiger partial charge in [-0.3, -0.25) is 0 Å². The lowest BCUT2D eigenvalue weighted by Crippen LogP contribution is -2.29. The highest BCUT2D eigenvalue weighted by molar-refractivity contribution is 6.18. The second-order valence-corrected chi connectivity index (χ2v) is 3.01. The summed E-state index contributed by atoms with van der Waals surface area (Å²) in [6.45, 7) is 1.65. The first-order valence-corrected chi connectivity index (χ1v) is 4.03. The summed E-state index contributed by atoms with van der Waals surface area (Å²) in [6.07, 6.45) is 0. The van der Waals surface area contributed by atoms with Crippen LogP contribution < -0.4 is 9.30 Å². The maximum absolute atomic E-state index is 5.42. The van der Waals surface area contributed by atoms with Crippen molar-refractivity contribution >= 4 is 16.1 Å². The molecule has 0 aromatic heterocycles. The van der Waals surface area contributed by atoms with E-state index in [4.69, 9.17) is 4.74 Å². The van der Waals surface area contributed by atoms with Crippen LogP contribution in [-0.2, 0) is 0 Å². The Morgan fingerprint density at radius 3 is 3.00 bits per heavy atom. The largest absolute Gasteiger partial charge is 0.490 e. The van der Waals surface area contributed by atoms with E-state index in [9.17, 15) is 0 Å². The molecule has 0 amide bonds. The Bertz CT molecular complexity index is 264. The van der Waals surface area contributed by atoms with Crippen molar-refractivity contribution < 1.29 is 4.74 Å². The lowest BCUT2D eigenvalue weighted by molar-refractivity contribution is 0.317. The molecular formula is C8H8NOSi. The molecule has 1 aliphatic rings. The molecule has 0 saturated heterocycles. The summed E-state index contributed by atoms with van der Waals surface area (Å²) in [6, 6.07) is 7.98. The molecule has 2 rings (SSSR count). The van der Waals surface area contributed by atoms with Crippen LogP contribution in [0.5, 0.6) is 5.75 Å². The minimum absolute atomic E-state index is 0.751. The molecule has 55 valence electrons. The monoisotopic (exact) mass is 162 g/mol. The number of ether oxygens (including phenoxy) is 1. The molecular weight excluding hydrogens is 154 g/mol. The fourth-order valence-electron chi connectivity index (χ4n) is 1.17. The molecule has 2 nitrogen and oxygen atoms in total. The standard InChI is InChI=1S/C8H8NOSi/c11-9-5-6-10-8-4-2-1-3-7(8)9/h1-4H,5-6H2. The fraction of sp³-hybridized carbons (Fsp3) is 0.250. The van der Waals surface area contributed by atoms with Gasteiger partial charge >= 0.3 is 0 Å². The van der Waals surface area contributed by atoms with E-state index in [-0.39, 0.29) is 0 Å². The van der Waals surface area contributed by atoms with Crippen molar-refractivity contribution in [2.75, 3.05) is 17.7 Å². The van der Waals surface area contributed by atoms with Crippen LogP contribution in [0.3, 0.4) is 0 Å². The molecule has 0 atom stereocenters. The number of rotatable bonds is 0. The van der Waals surface area contributed by atoms with Gasteiger partial charge in [-0.15, -0.1) is 0 Å². The highest BCUT2D eigenvalue weighted by Gasteiger charge is 2.12. The average Bonchev–Trinajstić information content (AvgIpc) is 2.06. The van der Waals surface area contributed by atoms with Gasteiger partial charge in [0.25, 0.3) is 0 Å². The Morgan fingerprint density at radius 2 is 2.18 bits per heavy atom. The van der Waals surface area contributed by atoms with Crippen LogP contribution in [0.2, 0.25) is 0 Å². The first-order chi connectivity index (χ1) is 5.38. The van der Waals surface area contributed by atoms with Gasteiger partial charge in [0.2, 0.25) is 0 Å². The van der Waals surface area contributed by atoms with Gasteiger partial charge in [-0.2, -0.15) is 0 Å². The third kappa shape index (κ3) is 1.11. The molecule has 1 aromatic rings. The number of benzene rings is 1. The molecule has 1 aliphatic heterocycles. The van der Waals surface area contributed by atoms with Crippen LogP contribution in [0.1, 0.15) is 0 Å². The fourth-order valence-corrected chi connectivity index (χ4v) is 1.45. The van der Waals surface area contributed by atoms with Crippen molar-refractivity contribution in [1.82, 2.24) is 0 Å². The lowest BCUT2D eigenvalue weighted by atomic mass is 10.2. The van der Waals surface area contributed by atoms with Gasteiger partial charge in [0.1, 0.15) is 12.4 Å². The number of anilines is 1. The number of nitrogens with zero attached hydrogens (tertiary/aromatic N) is 1. The summed E-state index contributed by atoms with van der Waals surface area (Å²) in [5.41, 5.74) is 1.11. The second kappa shape index (κ2) is 2.58. The predicted octanol–water partition coefficient (Wildman–Crippen LogP) is 0.969. The molecule has 0 aliphatic carbocycles. The van der Waals surface area contributed by atoms with Crippen molar-refractivity contribution in [3.05, 3.63) is 24.3 Å². The van der Waals surface area contributed by atoms with Crippen LogP contribution in [0.4, 0.5) is 5.69 Å². The van der Waals surface area contributed by atoms with Gasteiger partial charge in [-0.25, -0.2) is 0 Å². The Hall–Kier alpha value is -0.963. The molecule has 0 N–H and O–H groups in total. The smallest absolute Gasteiger partial charge is 0.189 e. The Kier molecular flexibility index (Phi) is 1.58. The third-order valence-corrected chi connectivity index (χ3v) is 2.19. The van der Waals surface area contributed by atoms with Crippen molar-refractivity contribution in [1.29, 1.82) is 0 Å². The Labute approximate surface area is 69.3 Å². The van der Waals surface area contributed by atoms with Crippen LogP contribution in [0, 0.1) is 0 Å². The SMILES string of the molecule is [Si]N1CCOc2ccccc21. The van der Waals surface area contributed by atoms with E-state index in [0.29, 0.717) is 0 Å².